The topological polar surface area (TPSA) is 78.4 Å². The van der Waals surface area contributed by atoms with Crippen molar-refractivity contribution in [2.75, 3.05) is 13.1 Å². The van der Waals surface area contributed by atoms with Gasteiger partial charge in [0.05, 0.1) is 6.42 Å². The summed E-state index contributed by atoms with van der Waals surface area (Å²) in [4.78, 5) is 21.0. The fraction of sp³-hybridized carbons (Fsp3) is 0.714. The fourth-order valence-corrected chi connectivity index (χ4v) is 0.955. The molecule has 3 N–H and O–H groups in total. The Morgan fingerprint density at radius 3 is 2.54 bits per heavy atom. The van der Waals surface area contributed by atoms with Crippen LogP contribution in [0.25, 0.3) is 0 Å². The van der Waals surface area contributed by atoms with Crippen molar-refractivity contribution in [1.82, 2.24) is 10.6 Å². The number of carbonyl (C=O) groups is 2. The van der Waals surface area contributed by atoms with Gasteiger partial charge in [0.2, 0.25) is 0 Å². The molecule has 0 radical (unpaired) electrons. The van der Waals surface area contributed by atoms with Gasteiger partial charge in [0.15, 0.2) is 0 Å². The van der Waals surface area contributed by atoms with Crippen LogP contribution in [0.4, 0.5) is 4.79 Å². The van der Waals surface area contributed by atoms with Crippen molar-refractivity contribution in [2.24, 2.45) is 0 Å². The summed E-state index contributed by atoms with van der Waals surface area (Å²) in [5, 5.41) is 13.0. The quantitative estimate of drug-likeness (QED) is 0.481. The van der Waals surface area contributed by atoms with Gasteiger partial charge < -0.3 is 15.7 Å². The van der Waals surface area contributed by atoms with E-state index in [-0.39, 0.29) is 24.2 Å². The minimum Gasteiger partial charge on any atom is -0.481 e. The molecule has 76 valence electrons. The Labute approximate surface area is 82.3 Å². The predicted octanol–water partition coefficient (Wildman–Crippen LogP) is 0.0786. The number of hydrogen-bond donors (Lipinski definition) is 4. The molecule has 0 aliphatic rings. The van der Waals surface area contributed by atoms with Crippen molar-refractivity contribution in [3.05, 3.63) is 0 Å². The maximum absolute atomic E-state index is 10.8. The predicted molar refractivity (Wildman–Crippen MR) is 52.1 cm³/mol. The molecule has 0 heterocycles. The van der Waals surface area contributed by atoms with Crippen LogP contribution in [0.2, 0.25) is 0 Å². The average Bonchev–Trinajstić information content (AvgIpc) is 2.00. The molecule has 1 unspecified atom stereocenters. The number of aliphatic carboxylic acids is 1. The number of thiol groups is 1. The average molecular weight is 206 g/mol. The summed E-state index contributed by atoms with van der Waals surface area (Å²) >= 11 is 3.99. The zero-order valence-corrected chi connectivity index (χ0v) is 8.30. The lowest BCUT2D eigenvalue weighted by atomic mass is 10.3. The minimum absolute atomic E-state index is 0.0600. The normalized spacial score (nSPS) is 11.8. The van der Waals surface area contributed by atoms with E-state index >= 15 is 0 Å². The van der Waals surface area contributed by atoms with Crippen molar-refractivity contribution in [3.63, 3.8) is 0 Å². The van der Waals surface area contributed by atoms with Crippen molar-refractivity contribution in [3.8, 4) is 0 Å². The highest BCUT2D eigenvalue weighted by Gasteiger charge is 2.09. The Balaban J connectivity index is 3.51. The van der Waals surface area contributed by atoms with Gasteiger partial charge in [-0.1, -0.05) is 0 Å². The van der Waals surface area contributed by atoms with Crippen molar-refractivity contribution in [1.29, 1.82) is 0 Å². The van der Waals surface area contributed by atoms with Crippen molar-refractivity contribution < 1.29 is 14.7 Å². The second kappa shape index (κ2) is 6.59. The summed E-state index contributed by atoms with van der Waals surface area (Å²) in [5.74, 6) is -0.919. The van der Waals surface area contributed by atoms with E-state index in [0.29, 0.717) is 6.54 Å². The van der Waals surface area contributed by atoms with E-state index in [1.807, 2.05) is 0 Å². The summed E-state index contributed by atoms with van der Waals surface area (Å²) in [6.45, 7) is 2.60. The first-order valence-corrected chi connectivity index (χ1v) is 4.49. The van der Waals surface area contributed by atoms with E-state index in [9.17, 15) is 9.59 Å². The highest BCUT2D eigenvalue weighted by molar-refractivity contribution is 7.81. The number of rotatable bonds is 5. The van der Waals surface area contributed by atoms with Crippen LogP contribution in [-0.2, 0) is 4.79 Å². The van der Waals surface area contributed by atoms with Crippen LogP contribution in [0.5, 0.6) is 0 Å². The standard InChI is InChI=1S/C7H14N2O3S/c1-2-8-7(12)9-4-5(13)3-6(10)11/h5,13H,2-4H2,1H3,(H,10,11)(H2,8,9,12). The van der Waals surface area contributed by atoms with Gasteiger partial charge in [-0.2, -0.15) is 12.6 Å². The molecule has 0 saturated carbocycles. The van der Waals surface area contributed by atoms with Gasteiger partial charge >= 0.3 is 12.0 Å². The second-order valence-corrected chi connectivity index (χ2v) is 3.22. The van der Waals surface area contributed by atoms with Gasteiger partial charge in [-0.3, -0.25) is 4.79 Å². The van der Waals surface area contributed by atoms with E-state index in [1.165, 1.54) is 0 Å². The van der Waals surface area contributed by atoms with Gasteiger partial charge in [-0.15, -0.1) is 0 Å². The molecule has 0 aliphatic carbocycles. The third-order valence-electron chi connectivity index (χ3n) is 1.25. The van der Waals surface area contributed by atoms with Gasteiger partial charge in [0, 0.05) is 18.3 Å². The molecule has 0 aromatic rings. The number of nitrogens with one attached hydrogen (secondary N) is 2. The zero-order valence-electron chi connectivity index (χ0n) is 7.41. The Morgan fingerprint density at radius 1 is 1.46 bits per heavy atom. The molecular formula is C7H14N2O3S. The molecule has 2 amide bonds. The van der Waals surface area contributed by atoms with E-state index in [2.05, 4.69) is 23.3 Å². The summed E-state index contributed by atoms with van der Waals surface area (Å²) in [7, 11) is 0. The van der Waals surface area contributed by atoms with E-state index < -0.39 is 5.97 Å². The van der Waals surface area contributed by atoms with Crippen LogP contribution in [0.3, 0.4) is 0 Å². The first kappa shape index (κ1) is 12.1. The van der Waals surface area contributed by atoms with Gasteiger partial charge in [-0.25, -0.2) is 4.79 Å². The second-order valence-electron chi connectivity index (χ2n) is 2.49. The summed E-state index contributed by atoms with van der Waals surface area (Å²) in [6.07, 6.45) is -0.0600. The van der Waals surface area contributed by atoms with Crippen LogP contribution >= 0.6 is 12.6 Å². The van der Waals surface area contributed by atoms with Gasteiger partial charge in [0.25, 0.3) is 0 Å². The third-order valence-corrected chi connectivity index (χ3v) is 1.61. The smallest absolute Gasteiger partial charge is 0.314 e. The van der Waals surface area contributed by atoms with Crippen LogP contribution in [0, 0.1) is 0 Å². The summed E-state index contributed by atoms with van der Waals surface area (Å²) in [6, 6.07) is -0.299. The lowest BCUT2D eigenvalue weighted by molar-refractivity contribution is -0.136. The number of carboxylic acid groups (broad SMARTS) is 1. The number of hydrogen-bond acceptors (Lipinski definition) is 3. The third kappa shape index (κ3) is 7.45. The number of carbonyl (C=O) groups excluding carboxylic acids is 1. The lowest BCUT2D eigenvalue weighted by Crippen LogP contribution is -2.38. The Hall–Kier alpha value is -0.910. The van der Waals surface area contributed by atoms with Crippen molar-refractivity contribution >= 4 is 24.6 Å². The maximum Gasteiger partial charge on any atom is 0.314 e. The molecule has 6 heteroatoms. The molecule has 13 heavy (non-hydrogen) atoms. The molecule has 0 rings (SSSR count). The van der Waals surface area contributed by atoms with E-state index in [4.69, 9.17) is 5.11 Å². The van der Waals surface area contributed by atoms with E-state index in [1.54, 1.807) is 6.92 Å². The van der Waals surface area contributed by atoms with E-state index in [0.717, 1.165) is 0 Å². The summed E-state index contributed by atoms with van der Waals surface area (Å²) in [5.41, 5.74) is 0. The fourth-order valence-electron chi connectivity index (χ4n) is 0.707. The summed E-state index contributed by atoms with van der Waals surface area (Å²) < 4.78 is 0. The van der Waals surface area contributed by atoms with Crippen LogP contribution < -0.4 is 10.6 Å². The molecule has 0 spiro atoms. The molecule has 0 bridgehead atoms. The van der Waals surface area contributed by atoms with Crippen molar-refractivity contribution in [2.45, 2.75) is 18.6 Å². The lowest BCUT2D eigenvalue weighted by Gasteiger charge is -2.09. The molecule has 5 nitrogen and oxygen atoms in total. The number of carboxylic acids is 1. The molecule has 0 saturated heterocycles. The first-order valence-electron chi connectivity index (χ1n) is 3.97. The number of amides is 2. The Morgan fingerprint density at radius 2 is 2.08 bits per heavy atom. The Kier molecular flexibility index (Phi) is 6.13. The molecular weight excluding hydrogens is 192 g/mol. The molecule has 0 fully saturated rings. The highest BCUT2D eigenvalue weighted by atomic mass is 32.1. The monoisotopic (exact) mass is 206 g/mol. The van der Waals surface area contributed by atoms with Gasteiger partial charge in [0.1, 0.15) is 0 Å². The molecule has 0 aromatic carbocycles. The molecule has 1 atom stereocenters. The first-order chi connectivity index (χ1) is 6.06. The van der Waals surface area contributed by atoms with Crippen LogP contribution in [0.15, 0.2) is 0 Å². The largest absolute Gasteiger partial charge is 0.481 e. The molecule has 0 aliphatic heterocycles. The molecule has 0 aromatic heterocycles. The minimum atomic E-state index is -0.919. The maximum atomic E-state index is 10.8. The zero-order chi connectivity index (χ0) is 10.3. The SMILES string of the molecule is CCNC(=O)NCC(S)CC(=O)O. The van der Waals surface area contributed by atoms with Crippen LogP contribution in [-0.4, -0.2) is 35.4 Å². The van der Waals surface area contributed by atoms with Gasteiger partial charge in [-0.05, 0) is 6.92 Å². The highest BCUT2D eigenvalue weighted by Crippen LogP contribution is 1.98. The van der Waals surface area contributed by atoms with Crippen LogP contribution in [0.1, 0.15) is 13.3 Å². The number of urea groups is 1. The Bertz CT molecular complexity index is 187.